The number of carbonyl (C=O) groups is 1. The number of hydrogen-bond acceptors (Lipinski definition) is 3. The van der Waals surface area contributed by atoms with Crippen molar-refractivity contribution in [1.29, 1.82) is 0 Å². The highest BCUT2D eigenvalue weighted by molar-refractivity contribution is 6.03. The van der Waals surface area contributed by atoms with Gasteiger partial charge in [0.1, 0.15) is 0 Å². The van der Waals surface area contributed by atoms with Gasteiger partial charge in [-0.1, -0.05) is 18.2 Å². The smallest absolute Gasteiger partial charge is 0.321 e. The summed E-state index contributed by atoms with van der Waals surface area (Å²) in [6, 6.07) is 16.3. The van der Waals surface area contributed by atoms with Crippen LogP contribution in [-0.2, 0) is 0 Å². The van der Waals surface area contributed by atoms with Gasteiger partial charge in [0.25, 0.3) is 5.91 Å². The van der Waals surface area contributed by atoms with E-state index in [9.17, 15) is 9.59 Å². The minimum Gasteiger partial charge on any atom is -0.321 e. The predicted molar refractivity (Wildman–Crippen MR) is 90.4 cm³/mol. The van der Waals surface area contributed by atoms with Gasteiger partial charge in [-0.15, -0.1) is 0 Å². The van der Waals surface area contributed by atoms with Gasteiger partial charge in [-0.2, -0.15) is 5.10 Å². The monoisotopic (exact) mass is 319 g/mol. The molecule has 2 aromatic carbocycles. The average molecular weight is 319 g/mol. The number of rotatable bonds is 3. The van der Waals surface area contributed by atoms with Gasteiger partial charge in [-0.05, 0) is 36.4 Å². The fourth-order valence-corrected chi connectivity index (χ4v) is 2.47. The summed E-state index contributed by atoms with van der Waals surface area (Å²) in [6.07, 6.45) is 1.73. The Bertz CT molecular complexity index is 1080. The molecular formula is C17H13N5O2. The Morgan fingerprint density at radius 2 is 1.79 bits per heavy atom. The van der Waals surface area contributed by atoms with Gasteiger partial charge >= 0.3 is 5.69 Å². The molecule has 3 N–H and O–H groups in total. The van der Waals surface area contributed by atoms with Gasteiger partial charge in [0.05, 0.1) is 16.7 Å². The average Bonchev–Trinajstić information content (AvgIpc) is 3.21. The molecule has 0 aliphatic carbocycles. The molecule has 7 heteroatoms. The molecule has 4 aromatic rings. The van der Waals surface area contributed by atoms with Gasteiger partial charge in [0, 0.05) is 11.9 Å². The number of para-hydroxylation sites is 1. The van der Waals surface area contributed by atoms with Crippen LogP contribution in [0.2, 0.25) is 0 Å². The summed E-state index contributed by atoms with van der Waals surface area (Å²) in [4.78, 5) is 28.9. The van der Waals surface area contributed by atoms with E-state index in [1.807, 2.05) is 30.3 Å². The van der Waals surface area contributed by atoms with Crippen LogP contribution in [0, 0.1) is 0 Å². The number of H-pyrrole nitrogens is 2. The molecule has 0 aliphatic rings. The third kappa shape index (κ3) is 2.58. The maximum Gasteiger partial charge on any atom is 0.323 e. The number of imidazole rings is 1. The van der Waals surface area contributed by atoms with Crippen molar-refractivity contribution in [2.75, 3.05) is 5.32 Å². The third-order valence-corrected chi connectivity index (χ3v) is 3.62. The molecule has 1 amide bonds. The van der Waals surface area contributed by atoms with E-state index in [0.29, 0.717) is 22.4 Å². The number of aromatic amines is 2. The second kappa shape index (κ2) is 5.54. The van der Waals surface area contributed by atoms with Crippen LogP contribution in [0.1, 0.15) is 10.5 Å². The number of amides is 1. The lowest BCUT2D eigenvalue weighted by Gasteiger charge is -2.03. The van der Waals surface area contributed by atoms with Crippen LogP contribution in [0.25, 0.3) is 16.7 Å². The van der Waals surface area contributed by atoms with E-state index in [-0.39, 0.29) is 11.6 Å². The Hall–Kier alpha value is -3.61. The van der Waals surface area contributed by atoms with E-state index in [4.69, 9.17) is 0 Å². The first-order valence-electron chi connectivity index (χ1n) is 7.33. The Morgan fingerprint density at radius 3 is 2.62 bits per heavy atom. The number of hydrogen-bond donors (Lipinski definition) is 3. The van der Waals surface area contributed by atoms with Gasteiger partial charge in [0.15, 0.2) is 5.69 Å². The van der Waals surface area contributed by atoms with Crippen molar-refractivity contribution >= 4 is 22.6 Å². The lowest BCUT2D eigenvalue weighted by atomic mass is 10.2. The lowest BCUT2D eigenvalue weighted by molar-refractivity contribution is 0.102. The van der Waals surface area contributed by atoms with Crippen LogP contribution < -0.4 is 11.0 Å². The van der Waals surface area contributed by atoms with Gasteiger partial charge in [-0.25, -0.2) is 9.48 Å². The molecule has 4 rings (SSSR count). The number of anilines is 1. The standard InChI is InChI=1S/C17H13N5O2/c23-16(14-8-9-22(21-14)12-4-2-1-3-5-12)18-11-6-7-13-15(10-11)20-17(24)19-13/h1-10H,(H,18,23)(H2,19,20,24). The van der Waals surface area contributed by atoms with Crippen LogP contribution in [0.15, 0.2) is 65.6 Å². The molecule has 2 heterocycles. The number of nitrogens with zero attached hydrogens (tertiary/aromatic N) is 2. The Balaban J connectivity index is 1.57. The fourth-order valence-electron chi connectivity index (χ4n) is 2.47. The van der Waals surface area contributed by atoms with Crippen molar-refractivity contribution in [1.82, 2.24) is 19.7 Å². The molecule has 0 fully saturated rings. The molecule has 0 bridgehead atoms. The van der Waals surface area contributed by atoms with E-state index >= 15 is 0 Å². The Kier molecular flexibility index (Phi) is 3.24. The third-order valence-electron chi connectivity index (χ3n) is 3.62. The highest BCUT2D eigenvalue weighted by atomic mass is 16.2. The van der Waals surface area contributed by atoms with Crippen LogP contribution in [0.4, 0.5) is 5.69 Å². The Morgan fingerprint density at radius 1 is 1.00 bits per heavy atom. The molecule has 2 aromatic heterocycles. The molecule has 0 saturated carbocycles. The molecule has 118 valence electrons. The van der Waals surface area contributed by atoms with Crippen LogP contribution in [-0.4, -0.2) is 25.7 Å². The van der Waals surface area contributed by atoms with Crippen molar-refractivity contribution in [2.45, 2.75) is 0 Å². The van der Waals surface area contributed by atoms with E-state index in [0.717, 1.165) is 5.69 Å². The fraction of sp³-hybridized carbons (Fsp3) is 0. The summed E-state index contributed by atoms with van der Waals surface area (Å²) in [5, 5.41) is 7.06. The number of carbonyl (C=O) groups excluding carboxylic acids is 1. The highest BCUT2D eigenvalue weighted by Crippen LogP contribution is 2.15. The molecule has 0 spiro atoms. The number of aromatic nitrogens is 4. The first-order chi connectivity index (χ1) is 11.7. The van der Waals surface area contributed by atoms with Gasteiger partial charge in [-0.3, -0.25) is 4.79 Å². The Labute approximate surface area is 136 Å². The molecule has 7 nitrogen and oxygen atoms in total. The molecule has 0 saturated heterocycles. The van der Waals surface area contributed by atoms with Crippen molar-refractivity contribution in [3.63, 3.8) is 0 Å². The van der Waals surface area contributed by atoms with Crippen LogP contribution >= 0.6 is 0 Å². The number of benzene rings is 2. The van der Waals surface area contributed by atoms with Crippen LogP contribution in [0.5, 0.6) is 0 Å². The second-order valence-electron chi connectivity index (χ2n) is 5.27. The molecule has 24 heavy (non-hydrogen) atoms. The summed E-state index contributed by atoms with van der Waals surface area (Å²) >= 11 is 0. The maximum atomic E-state index is 12.3. The lowest BCUT2D eigenvalue weighted by Crippen LogP contribution is -2.13. The first kappa shape index (κ1) is 14.0. The second-order valence-corrected chi connectivity index (χ2v) is 5.27. The van der Waals surface area contributed by atoms with E-state index in [1.54, 1.807) is 35.1 Å². The predicted octanol–water partition coefficient (Wildman–Crippen LogP) is 2.29. The topological polar surface area (TPSA) is 95.6 Å². The summed E-state index contributed by atoms with van der Waals surface area (Å²) in [6.45, 7) is 0. The zero-order valence-corrected chi connectivity index (χ0v) is 12.5. The maximum absolute atomic E-state index is 12.3. The minimum atomic E-state index is -0.318. The normalized spacial score (nSPS) is 10.8. The van der Waals surface area contributed by atoms with Gasteiger partial charge in [0.2, 0.25) is 0 Å². The minimum absolute atomic E-state index is 0.282. The SMILES string of the molecule is O=C(Nc1ccc2[nH]c(=O)[nH]c2c1)c1ccn(-c2ccccc2)n1. The molecule has 0 unspecified atom stereocenters. The molecule has 0 aliphatic heterocycles. The van der Waals surface area contributed by atoms with Crippen LogP contribution in [0.3, 0.4) is 0 Å². The van der Waals surface area contributed by atoms with E-state index in [2.05, 4.69) is 20.4 Å². The van der Waals surface area contributed by atoms with Crippen molar-refractivity contribution in [2.24, 2.45) is 0 Å². The zero-order chi connectivity index (χ0) is 16.5. The first-order valence-corrected chi connectivity index (χ1v) is 7.33. The van der Waals surface area contributed by atoms with Crippen molar-refractivity contribution < 1.29 is 4.79 Å². The summed E-state index contributed by atoms with van der Waals surface area (Å²) in [5.74, 6) is -0.318. The summed E-state index contributed by atoms with van der Waals surface area (Å²) in [7, 11) is 0. The quantitative estimate of drug-likeness (QED) is 0.540. The van der Waals surface area contributed by atoms with E-state index in [1.165, 1.54) is 0 Å². The summed E-state index contributed by atoms with van der Waals surface area (Å²) in [5.41, 5.74) is 2.80. The largest absolute Gasteiger partial charge is 0.323 e. The molecular weight excluding hydrogens is 306 g/mol. The van der Waals surface area contributed by atoms with Gasteiger partial charge < -0.3 is 15.3 Å². The molecule has 0 atom stereocenters. The van der Waals surface area contributed by atoms with E-state index < -0.39 is 0 Å². The van der Waals surface area contributed by atoms with Crippen molar-refractivity contribution in [3.05, 3.63) is 77.0 Å². The summed E-state index contributed by atoms with van der Waals surface area (Å²) < 4.78 is 1.64. The highest BCUT2D eigenvalue weighted by Gasteiger charge is 2.11. The molecule has 0 radical (unpaired) electrons. The number of nitrogens with one attached hydrogen (secondary N) is 3. The number of fused-ring (bicyclic) bond motifs is 1. The zero-order valence-electron chi connectivity index (χ0n) is 12.5. The van der Waals surface area contributed by atoms with Crippen molar-refractivity contribution in [3.8, 4) is 5.69 Å².